The van der Waals surface area contributed by atoms with Crippen molar-refractivity contribution in [3.05, 3.63) is 163 Å². The molecule has 4 aliphatic rings. The van der Waals surface area contributed by atoms with Crippen LogP contribution in [0.15, 0.2) is 172 Å². The molecule has 0 fully saturated rings. The molecule has 0 N–H and O–H groups in total. The minimum absolute atomic E-state index is 0.0582. The molecule has 5 heteroatoms. The van der Waals surface area contributed by atoms with Crippen LogP contribution in [0.1, 0.15) is 17.2 Å². The van der Waals surface area contributed by atoms with E-state index in [0.717, 1.165) is 0 Å². The predicted octanol–water partition coefficient (Wildman–Crippen LogP) is 8.49. The number of para-hydroxylation sites is 2. The van der Waals surface area contributed by atoms with Gasteiger partial charge < -0.3 is 4.90 Å². The van der Waals surface area contributed by atoms with Gasteiger partial charge in [-0.15, -0.1) is 0 Å². The molecule has 47 heavy (non-hydrogen) atoms. The average molecular weight is 634 g/mol. The van der Waals surface area contributed by atoms with Crippen molar-refractivity contribution in [2.24, 2.45) is 0 Å². The van der Waals surface area contributed by atoms with Crippen LogP contribution in [0.2, 0.25) is 0 Å². The molecule has 0 saturated heterocycles. The molecule has 1 aromatic heterocycles. The quantitative estimate of drug-likeness (QED) is 0.139. The molecule has 1 atom stereocenters. The van der Waals surface area contributed by atoms with Crippen LogP contribution in [-0.4, -0.2) is 6.71 Å². The lowest BCUT2D eigenvalue weighted by atomic mass is 9.31. The lowest BCUT2D eigenvalue weighted by Crippen LogP contribution is -2.66. The zero-order valence-corrected chi connectivity index (χ0v) is 26.9. The smallest absolute Gasteiger partial charge is 0.248 e. The molecule has 0 radical (unpaired) electrons. The highest BCUT2D eigenvalue weighted by atomic mass is 32.2. The zero-order chi connectivity index (χ0) is 30.6. The van der Waals surface area contributed by atoms with Crippen molar-refractivity contribution in [1.82, 2.24) is 0 Å². The SMILES string of the molecule is c1ccc(-c2cc(-c3ccccc3)c3c4c2C2c5c(cccc5B4c4cccc5c4N3c3ccccc3S5)Sc3cccc[n+]32)cc1. The van der Waals surface area contributed by atoms with Gasteiger partial charge in [-0.3, -0.25) is 0 Å². The lowest BCUT2D eigenvalue weighted by molar-refractivity contribution is -0.741. The number of hydrogen-bond donors (Lipinski definition) is 0. The Morgan fingerprint density at radius 3 is 2.04 bits per heavy atom. The minimum atomic E-state index is 0.0582. The van der Waals surface area contributed by atoms with Crippen LogP contribution in [0.25, 0.3) is 22.3 Å². The van der Waals surface area contributed by atoms with Crippen molar-refractivity contribution in [1.29, 1.82) is 0 Å². The number of aromatic nitrogens is 1. The summed E-state index contributed by atoms with van der Waals surface area (Å²) in [6.45, 7) is 0.112. The second-order valence-corrected chi connectivity index (χ2v) is 14.8. The van der Waals surface area contributed by atoms with E-state index in [1.165, 1.54) is 86.5 Å². The number of benzene rings is 6. The highest BCUT2D eigenvalue weighted by Crippen LogP contribution is 2.56. The fourth-order valence-electron chi connectivity index (χ4n) is 8.47. The van der Waals surface area contributed by atoms with Gasteiger partial charge in [0.15, 0.2) is 6.20 Å². The number of hydrogen-bond acceptors (Lipinski definition) is 3. The van der Waals surface area contributed by atoms with Crippen LogP contribution in [0, 0.1) is 0 Å². The summed E-state index contributed by atoms with van der Waals surface area (Å²) in [5, 5.41) is 1.28. The number of nitrogens with zero attached hydrogens (tertiary/aromatic N) is 2. The van der Waals surface area contributed by atoms with Crippen molar-refractivity contribution in [3.8, 4) is 22.3 Å². The Balaban J connectivity index is 1.37. The summed E-state index contributed by atoms with van der Waals surface area (Å²) in [6.07, 6.45) is 2.29. The Kier molecular flexibility index (Phi) is 5.44. The standard InChI is InChI=1S/C42H26BN2S2/c1-3-13-26(14-4-1)28-25-29(27-15-5-2-6-16-27)40-39-37(28)42-38-30(17-11-21-34(38)47-36-23-9-10-24-44(36)42)43(39)31-18-12-22-35-41(31)45(40)32-19-7-8-20-33(32)46-35/h1-25,42H/q+1. The maximum Gasteiger partial charge on any atom is 0.248 e. The van der Waals surface area contributed by atoms with Gasteiger partial charge in [0.1, 0.15) is 0 Å². The Labute approximate surface area is 282 Å². The highest BCUT2D eigenvalue weighted by Gasteiger charge is 2.52. The van der Waals surface area contributed by atoms with Gasteiger partial charge in [-0.25, -0.2) is 0 Å². The molecule has 0 aliphatic carbocycles. The van der Waals surface area contributed by atoms with E-state index >= 15 is 0 Å². The second kappa shape index (κ2) is 9.77. The van der Waals surface area contributed by atoms with Crippen LogP contribution in [0.3, 0.4) is 0 Å². The normalized spacial score (nSPS) is 15.6. The monoisotopic (exact) mass is 633 g/mol. The fraction of sp³-hybridized carbons (Fsp3) is 0.0238. The molecular formula is C42H26BN2S2+. The topological polar surface area (TPSA) is 7.12 Å². The second-order valence-electron chi connectivity index (χ2n) is 12.6. The third-order valence-corrected chi connectivity index (χ3v) is 12.5. The largest absolute Gasteiger partial charge is 0.309 e. The van der Waals surface area contributed by atoms with Crippen LogP contribution >= 0.6 is 23.5 Å². The molecule has 0 spiro atoms. The first-order valence-corrected chi connectivity index (χ1v) is 17.8. The van der Waals surface area contributed by atoms with E-state index in [2.05, 4.69) is 161 Å². The zero-order valence-electron chi connectivity index (χ0n) is 25.3. The molecule has 5 heterocycles. The molecule has 4 aliphatic heterocycles. The molecule has 218 valence electrons. The molecule has 6 aromatic carbocycles. The maximum absolute atomic E-state index is 2.62. The molecule has 0 amide bonds. The van der Waals surface area contributed by atoms with Crippen molar-refractivity contribution in [2.75, 3.05) is 4.90 Å². The molecule has 7 aromatic rings. The first-order chi connectivity index (χ1) is 23.3. The van der Waals surface area contributed by atoms with Gasteiger partial charge in [0.25, 0.3) is 0 Å². The van der Waals surface area contributed by atoms with E-state index in [9.17, 15) is 0 Å². The number of anilines is 3. The number of fused-ring (bicyclic) bond motifs is 8. The highest BCUT2D eigenvalue weighted by molar-refractivity contribution is 8.00. The van der Waals surface area contributed by atoms with Crippen LogP contribution in [0.4, 0.5) is 17.1 Å². The summed E-state index contributed by atoms with van der Waals surface area (Å²) in [6, 6.07) is 54.3. The van der Waals surface area contributed by atoms with Crippen molar-refractivity contribution in [2.45, 2.75) is 25.8 Å². The summed E-state index contributed by atoms with van der Waals surface area (Å²) < 4.78 is 2.53. The van der Waals surface area contributed by atoms with Crippen molar-refractivity contribution < 1.29 is 4.57 Å². The Morgan fingerprint density at radius 2 is 1.21 bits per heavy atom. The summed E-state index contributed by atoms with van der Waals surface area (Å²) >= 11 is 3.80. The Bertz CT molecular complexity index is 2280. The van der Waals surface area contributed by atoms with Crippen LogP contribution in [-0.2, 0) is 0 Å². The first-order valence-electron chi connectivity index (χ1n) is 16.2. The average Bonchev–Trinajstić information content (AvgIpc) is 3.14. The fourth-order valence-corrected chi connectivity index (χ4v) is 10.7. The van der Waals surface area contributed by atoms with E-state index in [1.807, 2.05) is 23.5 Å². The van der Waals surface area contributed by atoms with E-state index in [1.54, 1.807) is 0 Å². The summed E-state index contributed by atoms with van der Waals surface area (Å²) in [4.78, 5) is 6.60. The molecule has 0 saturated carbocycles. The minimum Gasteiger partial charge on any atom is -0.309 e. The molecule has 11 rings (SSSR count). The van der Waals surface area contributed by atoms with Crippen molar-refractivity contribution in [3.63, 3.8) is 0 Å². The number of rotatable bonds is 2. The van der Waals surface area contributed by atoms with Gasteiger partial charge >= 0.3 is 0 Å². The third-order valence-electron chi connectivity index (χ3n) is 10.3. The molecule has 1 unspecified atom stereocenters. The van der Waals surface area contributed by atoms with Gasteiger partial charge in [0.05, 0.1) is 11.4 Å². The molecule has 2 nitrogen and oxygen atoms in total. The van der Waals surface area contributed by atoms with Gasteiger partial charge in [0.2, 0.25) is 17.8 Å². The molecule has 0 bridgehead atoms. The summed E-state index contributed by atoms with van der Waals surface area (Å²) in [7, 11) is 0. The van der Waals surface area contributed by atoms with Crippen LogP contribution < -0.4 is 25.9 Å². The van der Waals surface area contributed by atoms with Gasteiger partial charge in [0, 0.05) is 49.2 Å². The van der Waals surface area contributed by atoms with Gasteiger partial charge in [-0.05, 0) is 75.8 Å². The van der Waals surface area contributed by atoms with Crippen molar-refractivity contribution >= 4 is 63.7 Å². The summed E-state index contributed by atoms with van der Waals surface area (Å²) in [5.41, 5.74) is 16.1. The van der Waals surface area contributed by atoms with Crippen LogP contribution in [0.5, 0.6) is 0 Å². The third kappa shape index (κ3) is 3.53. The van der Waals surface area contributed by atoms with E-state index in [-0.39, 0.29) is 12.8 Å². The van der Waals surface area contributed by atoms with Gasteiger partial charge in [-0.2, -0.15) is 4.57 Å². The Morgan fingerprint density at radius 1 is 0.532 bits per heavy atom. The van der Waals surface area contributed by atoms with Gasteiger partial charge in [-0.1, -0.05) is 114 Å². The maximum atomic E-state index is 2.62. The predicted molar refractivity (Wildman–Crippen MR) is 195 cm³/mol. The van der Waals surface area contributed by atoms with E-state index in [4.69, 9.17) is 0 Å². The number of pyridine rings is 1. The Hall–Kier alpha value is -4.97. The first kappa shape index (κ1) is 26.1. The lowest BCUT2D eigenvalue weighted by Gasteiger charge is -2.46. The van der Waals surface area contributed by atoms with E-state index in [0.29, 0.717) is 0 Å². The molecular weight excluding hydrogens is 607 g/mol. The van der Waals surface area contributed by atoms with E-state index < -0.39 is 0 Å². The summed E-state index contributed by atoms with van der Waals surface area (Å²) in [5.74, 6) is 0.